The first-order valence-electron chi connectivity index (χ1n) is 40.2. The summed E-state index contributed by atoms with van der Waals surface area (Å²) in [6, 6.07) is 26.2. The lowest BCUT2D eigenvalue weighted by molar-refractivity contribution is -0.401. The van der Waals surface area contributed by atoms with Gasteiger partial charge in [-0.15, -0.1) is 0 Å². The van der Waals surface area contributed by atoms with Crippen LogP contribution in [0.15, 0.2) is 109 Å². The molecule has 0 saturated heterocycles. The minimum atomic E-state index is -4.68. The van der Waals surface area contributed by atoms with Gasteiger partial charge in [0.05, 0.1) is 31.8 Å². The van der Waals surface area contributed by atoms with Crippen molar-refractivity contribution in [3.8, 4) is 0 Å². The van der Waals surface area contributed by atoms with Crippen molar-refractivity contribution < 1.29 is 61.2 Å². The quantitative estimate of drug-likeness (QED) is 0.00946. The van der Waals surface area contributed by atoms with Crippen LogP contribution in [-0.4, -0.2) is 112 Å². The fraction of sp³-hybridized carbons (Fsp3) is 0.640. The fourth-order valence-corrected chi connectivity index (χ4v) is 15.4. The van der Waals surface area contributed by atoms with E-state index in [1.807, 2.05) is 0 Å². The maximum absolute atomic E-state index is 13.0. The van der Waals surface area contributed by atoms with Gasteiger partial charge >= 0.3 is 25.9 Å². The third-order valence-corrected chi connectivity index (χ3v) is 21.4. The highest BCUT2D eigenvalue weighted by molar-refractivity contribution is 7.47. The number of rotatable bonds is 57. The highest BCUT2D eigenvalue weighted by Crippen LogP contribution is 2.51. The number of hydrogen-bond acceptors (Lipinski definition) is 12. The topological polar surface area (TPSA) is 191 Å². The third kappa shape index (κ3) is 31.1. The molecule has 16 nitrogen and oxygen atoms in total. The molecular weight excluding hydrogens is 1310 g/mol. The summed E-state index contributed by atoms with van der Waals surface area (Å²) in [6.45, 7) is 13.7. The number of nitrogens with one attached hydrogen (secondary N) is 2. The first-order valence-corrected chi connectivity index (χ1v) is 41.7. The second-order valence-electron chi connectivity index (χ2n) is 29.6. The molecule has 0 radical (unpaired) electrons. The normalized spacial score (nSPS) is 15.2. The maximum Gasteiger partial charge on any atom is 0.472 e. The van der Waals surface area contributed by atoms with Gasteiger partial charge in [0.25, 0.3) is 0 Å². The summed E-state index contributed by atoms with van der Waals surface area (Å²) in [4.78, 5) is 64.0. The minimum Gasteiger partial charge on any atom is -0.462 e. The van der Waals surface area contributed by atoms with Gasteiger partial charge in [0.2, 0.25) is 11.6 Å². The Morgan fingerprint density at radius 2 is 1.02 bits per heavy atom. The molecule has 0 bridgehead atoms. The second-order valence-corrected chi connectivity index (χ2v) is 31.1. The number of phosphoric ester groups is 1. The Balaban J connectivity index is 0.827. The van der Waals surface area contributed by atoms with Gasteiger partial charge in [-0.2, -0.15) is 4.58 Å². The average molecular weight is 1440 g/mol. The van der Waals surface area contributed by atoms with E-state index in [-0.39, 0.29) is 69.2 Å². The zero-order valence-electron chi connectivity index (χ0n) is 64.5. The van der Waals surface area contributed by atoms with Crippen LogP contribution in [0.3, 0.4) is 0 Å². The molecule has 0 saturated carbocycles. The van der Waals surface area contributed by atoms with Crippen molar-refractivity contribution in [3.63, 3.8) is 0 Å². The molecule has 3 N–H and O–H groups in total. The number of phosphoric acid groups is 1. The lowest BCUT2D eigenvalue weighted by Gasteiger charge is -2.27. The number of carbonyl (C=O) groups excluding carboxylic acids is 4. The van der Waals surface area contributed by atoms with E-state index in [1.165, 1.54) is 197 Å². The van der Waals surface area contributed by atoms with Gasteiger partial charge in [-0.25, -0.2) is 9.36 Å². The van der Waals surface area contributed by atoms with E-state index in [9.17, 15) is 28.6 Å². The molecule has 0 fully saturated rings. The lowest BCUT2D eigenvalue weighted by Crippen LogP contribution is -2.30. The van der Waals surface area contributed by atoms with Gasteiger partial charge in [0.1, 0.15) is 20.3 Å². The molecule has 0 aromatic heterocycles. The standard InChI is InChI=1S/C86H131N4O12P/c1-8-10-12-14-16-18-20-22-24-26-28-30-32-34-41-55-80(92)99-68-72(102-81(93)56-42-35-33-31-29-27-25-23-21-19-17-15-13-11-9-2)69-101-103(95,96)100-65-62-88-84(94)98-67-66-97-64-61-87-79(91)54-40-37-47-63-90-76-60-58-71-49-44-46-51-74(71)83(76)86(5,6)78(90)53-39-36-38-52-77-85(3,4)82-73-50-45-43-48-70(73)57-59-75(82)89(77)7/h36,38-39,43-46,48-53,57-60,72H,8-35,37,40-42,47,54-56,61-69H2,1-7H3,(H2-,87,88,91,94,95,96)/p+1/t72-/m1/s1. The molecule has 2 heterocycles. The number of amides is 2. The van der Waals surface area contributed by atoms with E-state index >= 15 is 0 Å². The molecule has 2 amide bonds. The van der Waals surface area contributed by atoms with Gasteiger partial charge in [0.15, 0.2) is 11.8 Å². The molecule has 17 heteroatoms. The van der Waals surface area contributed by atoms with E-state index in [0.717, 1.165) is 64.3 Å². The SMILES string of the molecule is CCCCCCCCCCCCCCCCCC(=O)OC[C@H](COP(=O)(O)OCCNC(=O)OCCOCCNC(=O)CCCCCN1\C(=C/C=C/C=C/C2=[N+](C)c3ccc4ccccc4c3C2(C)C)C(C)(C)c2c1ccc1ccccc21)OC(=O)CCCCCCCCCCCCCCCCC. The van der Waals surface area contributed by atoms with Crippen LogP contribution in [0.1, 0.15) is 284 Å². The van der Waals surface area contributed by atoms with Crippen molar-refractivity contribution in [1.29, 1.82) is 0 Å². The summed E-state index contributed by atoms with van der Waals surface area (Å²) >= 11 is 0. The summed E-state index contributed by atoms with van der Waals surface area (Å²) in [5, 5.41) is 10.4. The predicted octanol–water partition coefficient (Wildman–Crippen LogP) is 21.3. The Labute approximate surface area is 619 Å². The monoisotopic (exact) mass is 1440 g/mol. The molecule has 0 spiro atoms. The molecule has 1 unspecified atom stereocenters. The third-order valence-electron chi connectivity index (χ3n) is 20.4. The molecule has 2 aliphatic heterocycles. The largest absolute Gasteiger partial charge is 0.472 e. The van der Waals surface area contributed by atoms with Crippen LogP contribution < -0.4 is 15.5 Å². The highest BCUT2D eigenvalue weighted by Gasteiger charge is 2.44. The van der Waals surface area contributed by atoms with Crippen LogP contribution in [0.25, 0.3) is 21.5 Å². The number of anilines is 1. The molecule has 4 aromatic rings. The van der Waals surface area contributed by atoms with E-state index in [1.54, 1.807) is 0 Å². The Bertz CT molecular complexity index is 3340. The van der Waals surface area contributed by atoms with Crippen molar-refractivity contribution in [1.82, 2.24) is 10.6 Å². The molecular formula is C86H132N4O12P+. The number of esters is 2. The molecule has 572 valence electrons. The summed E-state index contributed by atoms with van der Waals surface area (Å²) in [5.74, 6) is -0.979. The Hall–Kier alpha value is -6.16. The predicted molar refractivity (Wildman–Crippen MR) is 422 cm³/mol. The van der Waals surface area contributed by atoms with Gasteiger partial charge in [0, 0.05) is 73.4 Å². The number of benzene rings is 4. The Morgan fingerprint density at radius 1 is 0.515 bits per heavy atom. The summed E-state index contributed by atoms with van der Waals surface area (Å²) < 4.78 is 47.5. The fourth-order valence-electron chi connectivity index (χ4n) is 14.7. The molecule has 0 aliphatic carbocycles. The van der Waals surface area contributed by atoms with Crippen molar-refractivity contribution in [2.75, 3.05) is 71.2 Å². The number of fused-ring (bicyclic) bond motifs is 6. The lowest BCUT2D eigenvalue weighted by atomic mass is 9.79. The highest BCUT2D eigenvalue weighted by atomic mass is 31.2. The summed E-state index contributed by atoms with van der Waals surface area (Å²) in [7, 11) is -2.52. The maximum atomic E-state index is 13.0. The van der Waals surface area contributed by atoms with Crippen molar-refractivity contribution in [3.05, 3.63) is 120 Å². The van der Waals surface area contributed by atoms with Crippen LogP contribution in [0.5, 0.6) is 0 Å². The first kappa shape index (κ1) is 85.8. The summed E-state index contributed by atoms with van der Waals surface area (Å²) in [6.07, 6.45) is 48.8. The van der Waals surface area contributed by atoms with Gasteiger partial charge in [-0.05, 0) is 84.8 Å². The van der Waals surface area contributed by atoms with Crippen molar-refractivity contribution >= 4 is 70.4 Å². The average Bonchev–Trinajstić information content (AvgIpc) is 1.59. The number of ether oxygens (including phenoxy) is 4. The minimum absolute atomic E-state index is 0.0508. The van der Waals surface area contributed by atoms with E-state index < -0.39 is 38.6 Å². The second kappa shape index (κ2) is 48.9. The van der Waals surface area contributed by atoms with Crippen LogP contribution in [-0.2, 0) is 57.8 Å². The van der Waals surface area contributed by atoms with E-state index in [2.05, 4.69) is 172 Å². The molecule has 4 aromatic carbocycles. The summed E-state index contributed by atoms with van der Waals surface area (Å²) in [5.41, 5.74) is 7.26. The van der Waals surface area contributed by atoms with Gasteiger partial charge in [-0.3, -0.25) is 23.4 Å². The van der Waals surface area contributed by atoms with E-state index in [4.69, 9.17) is 28.0 Å². The molecule has 6 rings (SSSR count). The van der Waals surface area contributed by atoms with Gasteiger partial charge < -0.3 is 39.4 Å². The molecule has 2 aliphatic rings. The van der Waals surface area contributed by atoms with Gasteiger partial charge in [-0.1, -0.05) is 287 Å². The number of allylic oxidation sites excluding steroid dienone is 6. The number of carbonyl (C=O) groups is 4. The van der Waals surface area contributed by atoms with Crippen LogP contribution in [0, 0.1) is 0 Å². The van der Waals surface area contributed by atoms with Crippen LogP contribution in [0.4, 0.5) is 16.2 Å². The zero-order valence-corrected chi connectivity index (χ0v) is 65.4. The van der Waals surface area contributed by atoms with Crippen LogP contribution in [0.2, 0.25) is 0 Å². The van der Waals surface area contributed by atoms with E-state index in [0.29, 0.717) is 25.8 Å². The van der Waals surface area contributed by atoms with Crippen LogP contribution >= 0.6 is 7.82 Å². The Morgan fingerprint density at radius 3 is 1.60 bits per heavy atom. The molecule has 103 heavy (non-hydrogen) atoms. The van der Waals surface area contributed by atoms with Crippen molar-refractivity contribution in [2.45, 2.75) is 290 Å². The Kier molecular flexibility index (Phi) is 40.7. The first-order chi connectivity index (χ1) is 50.0. The number of nitrogens with zero attached hydrogens (tertiary/aromatic N) is 2. The van der Waals surface area contributed by atoms with Crippen molar-refractivity contribution in [2.24, 2.45) is 0 Å². The number of unbranched alkanes of at least 4 members (excludes halogenated alkanes) is 30. The number of alkyl carbamates (subject to hydrolysis) is 1. The smallest absolute Gasteiger partial charge is 0.462 e. The molecule has 2 atom stereocenters. The number of hydrogen-bond donors (Lipinski definition) is 3. The zero-order chi connectivity index (χ0) is 73.8.